The quantitative estimate of drug-likeness (QED) is 0.720. The van der Waals surface area contributed by atoms with Gasteiger partial charge in [0.15, 0.2) is 0 Å². The van der Waals surface area contributed by atoms with E-state index in [0.29, 0.717) is 12.5 Å². The summed E-state index contributed by atoms with van der Waals surface area (Å²) in [5, 5.41) is 3.30. The molecule has 5 nitrogen and oxygen atoms in total. The van der Waals surface area contributed by atoms with Gasteiger partial charge in [0.05, 0.1) is 18.1 Å². The second kappa shape index (κ2) is 8.07. The Balaban J connectivity index is 1.66. The molecule has 1 aliphatic rings. The van der Waals surface area contributed by atoms with E-state index in [1.807, 2.05) is 0 Å². The fourth-order valence-corrected chi connectivity index (χ4v) is 2.19. The zero-order valence-electron chi connectivity index (χ0n) is 11.8. The first-order valence-electron chi connectivity index (χ1n) is 7.25. The van der Waals surface area contributed by atoms with Crippen molar-refractivity contribution in [3.05, 3.63) is 18.1 Å². The molecule has 2 heterocycles. The number of rotatable bonds is 8. The molecule has 0 bridgehead atoms. The van der Waals surface area contributed by atoms with Crippen LogP contribution in [0.1, 0.15) is 31.9 Å². The SMILES string of the molecule is CCCNCc1cnc(OCCN2CCCC2)cn1. The number of likely N-dealkylation sites (tertiary alicyclic amines) is 1. The predicted octanol–water partition coefficient (Wildman–Crippen LogP) is 1.45. The van der Waals surface area contributed by atoms with Gasteiger partial charge in [-0.15, -0.1) is 0 Å². The molecular weight excluding hydrogens is 240 g/mol. The van der Waals surface area contributed by atoms with Gasteiger partial charge in [-0.25, -0.2) is 4.98 Å². The van der Waals surface area contributed by atoms with Crippen LogP contribution in [0, 0.1) is 0 Å². The summed E-state index contributed by atoms with van der Waals surface area (Å²) in [6, 6.07) is 0. The Morgan fingerprint density at radius 3 is 2.79 bits per heavy atom. The van der Waals surface area contributed by atoms with Crippen LogP contribution in [-0.4, -0.2) is 47.7 Å². The molecule has 1 saturated heterocycles. The largest absolute Gasteiger partial charge is 0.475 e. The Morgan fingerprint density at radius 2 is 2.11 bits per heavy atom. The normalized spacial score (nSPS) is 15.8. The van der Waals surface area contributed by atoms with Crippen LogP contribution in [-0.2, 0) is 6.54 Å². The highest BCUT2D eigenvalue weighted by Crippen LogP contribution is 2.08. The van der Waals surface area contributed by atoms with Gasteiger partial charge < -0.3 is 10.1 Å². The summed E-state index contributed by atoms with van der Waals surface area (Å²) in [7, 11) is 0. The summed E-state index contributed by atoms with van der Waals surface area (Å²) in [6.07, 6.45) is 7.27. The van der Waals surface area contributed by atoms with Gasteiger partial charge in [0.1, 0.15) is 6.61 Å². The molecular formula is C14H24N4O. The van der Waals surface area contributed by atoms with Crippen LogP contribution in [0.25, 0.3) is 0 Å². The van der Waals surface area contributed by atoms with Crippen molar-refractivity contribution in [3.63, 3.8) is 0 Å². The van der Waals surface area contributed by atoms with E-state index in [0.717, 1.165) is 31.7 Å². The molecule has 5 heteroatoms. The molecule has 0 atom stereocenters. The number of nitrogens with zero attached hydrogens (tertiary/aromatic N) is 3. The van der Waals surface area contributed by atoms with Gasteiger partial charge >= 0.3 is 0 Å². The minimum absolute atomic E-state index is 0.624. The van der Waals surface area contributed by atoms with Gasteiger partial charge in [0.25, 0.3) is 0 Å². The van der Waals surface area contributed by atoms with E-state index in [4.69, 9.17) is 4.74 Å². The van der Waals surface area contributed by atoms with Crippen molar-refractivity contribution in [2.45, 2.75) is 32.7 Å². The molecule has 0 aliphatic carbocycles. The minimum Gasteiger partial charge on any atom is -0.475 e. The highest BCUT2D eigenvalue weighted by molar-refractivity contribution is 5.07. The Labute approximate surface area is 115 Å². The van der Waals surface area contributed by atoms with Gasteiger partial charge in [0, 0.05) is 13.1 Å². The predicted molar refractivity (Wildman–Crippen MR) is 75.2 cm³/mol. The summed E-state index contributed by atoms with van der Waals surface area (Å²) >= 11 is 0. The zero-order chi connectivity index (χ0) is 13.3. The second-order valence-corrected chi connectivity index (χ2v) is 4.92. The van der Waals surface area contributed by atoms with Crippen LogP contribution in [0.3, 0.4) is 0 Å². The van der Waals surface area contributed by atoms with E-state index in [9.17, 15) is 0 Å². The van der Waals surface area contributed by atoms with E-state index in [2.05, 4.69) is 27.1 Å². The van der Waals surface area contributed by atoms with Crippen LogP contribution in [0.15, 0.2) is 12.4 Å². The lowest BCUT2D eigenvalue weighted by atomic mass is 10.4. The Kier molecular flexibility index (Phi) is 6.04. The summed E-state index contributed by atoms with van der Waals surface area (Å²) in [6.45, 7) is 8.03. The molecule has 0 aromatic carbocycles. The highest BCUT2D eigenvalue weighted by Gasteiger charge is 2.10. The van der Waals surface area contributed by atoms with Crippen LogP contribution >= 0.6 is 0 Å². The van der Waals surface area contributed by atoms with Crippen molar-refractivity contribution in [1.82, 2.24) is 20.2 Å². The summed E-state index contributed by atoms with van der Waals surface area (Å²) in [5.74, 6) is 0.624. The fraction of sp³-hybridized carbons (Fsp3) is 0.714. The van der Waals surface area contributed by atoms with E-state index in [-0.39, 0.29) is 0 Å². The van der Waals surface area contributed by atoms with E-state index in [1.165, 1.54) is 25.9 Å². The van der Waals surface area contributed by atoms with E-state index in [1.54, 1.807) is 12.4 Å². The Morgan fingerprint density at radius 1 is 1.26 bits per heavy atom. The smallest absolute Gasteiger partial charge is 0.232 e. The number of hydrogen-bond donors (Lipinski definition) is 1. The molecule has 0 unspecified atom stereocenters. The van der Waals surface area contributed by atoms with Gasteiger partial charge in [-0.05, 0) is 38.9 Å². The van der Waals surface area contributed by atoms with Crippen molar-refractivity contribution >= 4 is 0 Å². The number of hydrogen-bond acceptors (Lipinski definition) is 5. The Hall–Kier alpha value is -1.20. The van der Waals surface area contributed by atoms with Gasteiger partial charge in [0.2, 0.25) is 5.88 Å². The third kappa shape index (κ3) is 5.12. The standard InChI is InChI=1S/C14H24N4O/c1-2-5-15-10-13-11-17-14(12-16-13)19-9-8-18-6-3-4-7-18/h11-12,15H,2-10H2,1H3. The molecule has 0 saturated carbocycles. The average Bonchev–Trinajstić information content (AvgIpc) is 2.94. The number of aromatic nitrogens is 2. The van der Waals surface area contributed by atoms with Gasteiger partial charge in [-0.2, -0.15) is 0 Å². The lowest BCUT2D eigenvalue weighted by molar-refractivity contribution is 0.231. The summed E-state index contributed by atoms with van der Waals surface area (Å²) in [4.78, 5) is 11.0. The van der Waals surface area contributed by atoms with Crippen molar-refractivity contribution in [2.24, 2.45) is 0 Å². The maximum Gasteiger partial charge on any atom is 0.232 e. The molecule has 0 spiro atoms. The Bertz CT molecular complexity index is 349. The monoisotopic (exact) mass is 264 g/mol. The molecule has 1 N–H and O–H groups in total. The van der Waals surface area contributed by atoms with Crippen LogP contribution in [0.5, 0.6) is 5.88 Å². The first kappa shape index (κ1) is 14.2. The van der Waals surface area contributed by atoms with E-state index < -0.39 is 0 Å². The third-order valence-electron chi connectivity index (χ3n) is 3.27. The summed E-state index contributed by atoms with van der Waals surface area (Å²) < 4.78 is 5.61. The molecule has 106 valence electrons. The maximum absolute atomic E-state index is 5.61. The lowest BCUT2D eigenvalue weighted by Gasteiger charge is -2.14. The van der Waals surface area contributed by atoms with E-state index >= 15 is 0 Å². The molecule has 1 aromatic rings. The second-order valence-electron chi connectivity index (χ2n) is 4.92. The van der Waals surface area contributed by atoms with Crippen molar-refractivity contribution < 1.29 is 4.74 Å². The van der Waals surface area contributed by atoms with Gasteiger partial charge in [-0.1, -0.05) is 6.92 Å². The van der Waals surface area contributed by atoms with Crippen molar-refractivity contribution in [1.29, 1.82) is 0 Å². The fourth-order valence-electron chi connectivity index (χ4n) is 2.19. The first-order valence-corrected chi connectivity index (χ1v) is 7.25. The van der Waals surface area contributed by atoms with Crippen molar-refractivity contribution in [2.75, 3.05) is 32.8 Å². The highest BCUT2D eigenvalue weighted by atomic mass is 16.5. The lowest BCUT2D eigenvalue weighted by Crippen LogP contribution is -2.25. The average molecular weight is 264 g/mol. The van der Waals surface area contributed by atoms with Crippen LogP contribution in [0.2, 0.25) is 0 Å². The first-order chi connectivity index (χ1) is 9.38. The van der Waals surface area contributed by atoms with Crippen LogP contribution in [0.4, 0.5) is 0 Å². The summed E-state index contributed by atoms with van der Waals surface area (Å²) in [5.41, 5.74) is 0.959. The number of nitrogens with one attached hydrogen (secondary N) is 1. The van der Waals surface area contributed by atoms with Crippen LogP contribution < -0.4 is 10.1 Å². The molecule has 2 rings (SSSR count). The molecule has 0 radical (unpaired) electrons. The zero-order valence-corrected chi connectivity index (χ0v) is 11.8. The molecule has 1 aromatic heterocycles. The number of ether oxygens (including phenoxy) is 1. The van der Waals surface area contributed by atoms with Crippen molar-refractivity contribution in [3.8, 4) is 5.88 Å². The maximum atomic E-state index is 5.61. The molecule has 1 fully saturated rings. The molecule has 0 amide bonds. The minimum atomic E-state index is 0.624. The topological polar surface area (TPSA) is 50.3 Å². The molecule has 1 aliphatic heterocycles. The molecule has 19 heavy (non-hydrogen) atoms. The third-order valence-corrected chi connectivity index (χ3v) is 3.27. The van der Waals surface area contributed by atoms with Gasteiger partial charge in [-0.3, -0.25) is 9.88 Å².